The molecule has 21 heavy (non-hydrogen) atoms. The van der Waals surface area contributed by atoms with Gasteiger partial charge in [-0.15, -0.1) is 0 Å². The third kappa shape index (κ3) is 5.85. The van der Waals surface area contributed by atoms with E-state index < -0.39 is 5.97 Å². The molecular weight excluding hydrogens is 268 g/mol. The second-order valence-corrected chi connectivity index (χ2v) is 4.88. The number of anilines is 2. The molecule has 3 N–H and O–H groups in total. The fourth-order valence-corrected chi connectivity index (χ4v) is 1.93. The zero-order chi connectivity index (χ0) is 15.7. The van der Waals surface area contributed by atoms with Gasteiger partial charge in [0.2, 0.25) is 5.91 Å². The van der Waals surface area contributed by atoms with Crippen LogP contribution < -0.4 is 11.1 Å². The normalized spacial score (nSPS) is 10.2. The van der Waals surface area contributed by atoms with Gasteiger partial charge in [0.1, 0.15) is 0 Å². The molecular formula is C16H24N2O3. The minimum absolute atomic E-state index is 0.0844. The number of nitrogen functional groups attached to an aromatic ring is 1. The van der Waals surface area contributed by atoms with E-state index in [1.165, 1.54) is 0 Å². The summed E-state index contributed by atoms with van der Waals surface area (Å²) in [6.45, 7) is 4.18. The van der Waals surface area contributed by atoms with Crippen LogP contribution >= 0.6 is 0 Å². The summed E-state index contributed by atoms with van der Waals surface area (Å²) in [5, 5.41) is 2.75. The average Bonchev–Trinajstić information content (AvgIpc) is 2.46. The Balaban J connectivity index is 2.63. The van der Waals surface area contributed by atoms with Crippen LogP contribution in [-0.4, -0.2) is 18.5 Å². The molecule has 1 aromatic rings. The second-order valence-electron chi connectivity index (χ2n) is 4.88. The van der Waals surface area contributed by atoms with E-state index in [2.05, 4.69) is 12.2 Å². The molecule has 1 aromatic carbocycles. The fraction of sp³-hybridized carbons (Fsp3) is 0.500. The van der Waals surface area contributed by atoms with Crippen LogP contribution in [-0.2, 0) is 9.53 Å². The molecule has 0 saturated heterocycles. The van der Waals surface area contributed by atoms with Crippen molar-refractivity contribution in [2.24, 2.45) is 0 Å². The third-order valence-electron chi connectivity index (χ3n) is 3.10. The molecule has 0 atom stereocenters. The van der Waals surface area contributed by atoms with Gasteiger partial charge in [-0.3, -0.25) is 4.79 Å². The Bertz CT molecular complexity index is 486. The lowest BCUT2D eigenvalue weighted by atomic mass is 10.1. The van der Waals surface area contributed by atoms with Gasteiger partial charge in [-0.05, 0) is 31.5 Å². The summed E-state index contributed by atoms with van der Waals surface area (Å²) in [5.41, 5.74) is 7.10. The highest BCUT2D eigenvalue weighted by Gasteiger charge is 2.11. The lowest BCUT2D eigenvalue weighted by molar-refractivity contribution is -0.116. The van der Waals surface area contributed by atoms with Gasteiger partial charge in [-0.25, -0.2) is 4.79 Å². The van der Waals surface area contributed by atoms with Crippen LogP contribution in [0.1, 0.15) is 56.3 Å². The minimum Gasteiger partial charge on any atom is -0.462 e. The van der Waals surface area contributed by atoms with Gasteiger partial charge in [0.25, 0.3) is 0 Å². The summed E-state index contributed by atoms with van der Waals surface area (Å²) >= 11 is 0. The Kier molecular flexibility index (Phi) is 7.29. The van der Waals surface area contributed by atoms with E-state index in [9.17, 15) is 9.59 Å². The standard InChI is InChI=1S/C16H24N2O3/c1-3-5-6-7-8-15(19)18-14-11-12(9-10-13(14)17)16(20)21-4-2/h9-11H,3-8,17H2,1-2H3,(H,18,19). The number of carbonyl (C=O) groups is 2. The first-order valence-corrected chi connectivity index (χ1v) is 7.45. The number of nitrogens with one attached hydrogen (secondary N) is 1. The lowest BCUT2D eigenvalue weighted by Gasteiger charge is -2.10. The van der Waals surface area contributed by atoms with Crippen LogP contribution in [0.15, 0.2) is 18.2 Å². The number of carbonyl (C=O) groups excluding carboxylic acids is 2. The number of unbranched alkanes of at least 4 members (excludes halogenated alkanes) is 3. The van der Waals surface area contributed by atoms with E-state index in [-0.39, 0.29) is 5.91 Å². The zero-order valence-electron chi connectivity index (χ0n) is 12.8. The molecule has 0 bridgehead atoms. The molecule has 0 unspecified atom stereocenters. The van der Waals surface area contributed by atoms with Crippen LogP contribution in [0.3, 0.4) is 0 Å². The molecule has 116 valence electrons. The first kappa shape index (κ1) is 17.0. The van der Waals surface area contributed by atoms with Crippen molar-refractivity contribution in [3.05, 3.63) is 23.8 Å². The van der Waals surface area contributed by atoms with E-state index in [0.717, 1.165) is 25.7 Å². The highest BCUT2D eigenvalue weighted by atomic mass is 16.5. The van der Waals surface area contributed by atoms with Gasteiger partial charge in [-0.2, -0.15) is 0 Å². The maximum Gasteiger partial charge on any atom is 0.338 e. The molecule has 0 radical (unpaired) electrons. The van der Waals surface area contributed by atoms with E-state index in [1.807, 2.05) is 0 Å². The largest absolute Gasteiger partial charge is 0.462 e. The van der Waals surface area contributed by atoms with Gasteiger partial charge in [0, 0.05) is 6.42 Å². The number of hydrogen-bond acceptors (Lipinski definition) is 4. The van der Waals surface area contributed by atoms with Crippen molar-refractivity contribution < 1.29 is 14.3 Å². The van der Waals surface area contributed by atoms with E-state index in [4.69, 9.17) is 10.5 Å². The van der Waals surface area contributed by atoms with Crippen LogP contribution in [0.5, 0.6) is 0 Å². The first-order valence-electron chi connectivity index (χ1n) is 7.45. The monoisotopic (exact) mass is 292 g/mol. The summed E-state index contributed by atoms with van der Waals surface area (Å²) in [6, 6.07) is 4.74. The van der Waals surface area contributed by atoms with Crippen LogP contribution in [0.25, 0.3) is 0 Å². The highest BCUT2D eigenvalue weighted by Crippen LogP contribution is 2.21. The molecule has 0 aliphatic heterocycles. The van der Waals surface area contributed by atoms with Crippen molar-refractivity contribution in [2.75, 3.05) is 17.7 Å². The summed E-state index contributed by atoms with van der Waals surface area (Å²) in [7, 11) is 0. The van der Waals surface area contributed by atoms with Crippen molar-refractivity contribution in [1.29, 1.82) is 0 Å². The average molecular weight is 292 g/mol. The number of amides is 1. The quantitative estimate of drug-likeness (QED) is 0.437. The molecule has 0 saturated carbocycles. The Hall–Kier alpha value is -2.04. The van der Waals surface area contributed by atoms with Crippen molar-refractivity contribution >= 4 is 23.3 Å². The Morgan fingerprint density at radius 3 is 2.62 bits per heavy atom. The number of hydrogen-bond donors (Lipinski definition) is 2. The molecule has 0 spiro atoms. The minimum atomic E-state index is -0.420. The van der Waals surface area contributed by atoms with Crippen LogP contribution in [0, 0.1) is 0 Å². The van der Waals surface area contributed by atoms with Gasteiger partial charge >= 0.3 is 5.97 Å². The molecule has 0 fully saturated rings. The fourth-order valence-electron chi connectivity index (χ4n) is 1.93. The lowest BCUT2D eigenvalue weighted by Crippen LogP contribution is -2.14. The molecule has 5 heteroatoms. The maximum absolute atomic E-state index is 11.9. The van der Waals surface area contributed by atoms with Crippen LogP contribution in [0.2, 0.25) is 0 Å². The number of esters is 1. The Labute approximate surface area is 125 Å². The zero-order valence-corrected chi connectivity index (χ0v) is 12.8. The molecule has 0 aromatic heterocycles. The highest BCUT2D eigenvalue weighted by molar-refractivity contribution is 5.97. The van der Waals surface area contributed by atoms with Gasteiger partial charge in [0.15, 0.2) is 0 Å². The third-order valence-corrected chi connectivity index (χ3v) is 3.10. The number of rotatable bonds is 8. The molecule has 0 aliphatic rings. The number of benzene rings is 1. The predicted octanol–water partition coefficient (Wildman–Crippen LogP) is 3.35. The van der Waals surface area contributed by atoms with Crippen molar-refractivity contribution in [2.45, 2.75) is 46.0 Å². The maximum atomic E-state index is 11.9. The summed E-state index contributed by atoms with van der Waals surface area (Å²) in [6.07, 6.45) is 4.63. The van der Waals surface area contributed by atoms with Gasteiger partial charge in [-0.1, -0.05) is 26.2 Å². The van der Waals surface area contributed by atoms with E-state index >= 15 is 0 Å². The van der Waals surface area contributed by atoms with Crippen molar-refractivity contribution in [3.63, 3.8) is 0 Å². The SMILES string of the molecule is CCCCCCC(=O)Nc1cc(C(=O)OCC)ccc1N. The second kappa shape index (κ2) is 9.00. The molecule has 5 nitrogen and oxygen atoms in total. The molecule has 1 amide bonds. The van der Waals surface area contributed by atoms with E-state index in [1.54, 1.807) is 25.1 Å². The van der Waals surface area contributed by atoms with Crippen molar-refractivity contribution in [1.82, 2.24) is 0 Å². The first-order chi connectivity index (χ1) is 10.1. The van der Waals surface area contributed by atoms with Crippen LogP contribution in [0.4, 0.5) is 11.4 Å². The smallest absolute Gasteiger partial charge is 0.338 e. The number of ether oxygens (including phenoxy) is 1. The Morgan fingerprint density at radius 1 is 1.19 bits per heavy atom. The topological polar surface area (TPSA) is 81.4 Å². The summed E-state index contributed by atoms with van der Waals surface area (Å²) < 4.78 is 4.93. The molecule has 0 aliphatic carbocycles. The van der Waals surface area contributed by atoms with Gasteiger partial charge < -0.3 is 15.8 Å². The predicted molar refractivity (Wildman–Crippen MR) is 84.2 cm³/mol. The van der Waals surface area contributed by atoms with Gasteiger partial charge in [0.05, 0.1) is 23.5 Å². The van der Waals surface area contributed by atoms with E-state index in [0.29, 0.717) is 30.0 Å². The molecule has 0 heterocycles. The summed E-state index contributed by atoms with van der Waals surface area (Å²) in [4.78, 5) is 23.5. The Morgan fingerprint density at radius 2 is 1.95 bits per heavy atom. The number of nitrogens with two attached hydrogens (primary N) is 1. The summed E-state index contributed by atoms with van der Waals surface area (Å²) in [5.74, 6) is -0.505. The van der Waals surface area contributed by atoms with Crippen molar-refractivity contribution in [3.8, 4) is 0 Å². The molecule has 1 rings (SSSR count).